The summed E-state index contributed by atoms with van der Waals surface area (Å²) in [5.74, 6) is -19.2. The molecule has 0 aliphatic carbocycles. The zero-order valence-corrected chi connectivity index (χ0v) is 24.9. The van der Waals surface area contributed by atoms with Gasteiger partial charge < -0.3 is 50.4 Å². The minimum atomic E-state index is -2.39. The number of methoxy groups -OCH3 is 1. The summed E-state index contributed by atoms with van der Waals surface area (Å²) >= 11 is 0. The SMILES string of the molecule is COC(=O)C1=C(C)NC(COCCOCCN)=C(C(=O)OC(C)C)[C@@H]1c1c(F)c(F)c(F)c(F)c1F.O=C(O)C(O)C(O)C(=O)O. The molecule has 46 heavy (non-hydrogen) atoms. The molecule has 2 rings (SSSR count). The molecule has 0 saturated carbocycles. The Morgan fingerprint density at radius 3 is 1.72 bits per heavy atom. The van der Waals surface area contributed by atoms with E-state index in [0.717, 1.165) is 7.11 Å². The first kappa shape index (κ1) is 39.9. The number of carboxylic acid groups (broad SMARTS) is 2. The second-order valence-corrected chi connectivity index (χ2v) is 9.44. The Bertz CT molecular complexity index is 1320. The number of halogens is 5. The Morgan fingerprint density at radius 1 is 0.804 bits per heavy atom. The van der Waals surface area contributed by atoms with Gasteiger partial charge in [0.1, 0.15) is 0 Å². The van der Waals surface area contributed by atoms with E-state index < -0.39 is 93.9 Å². The summed E-state index contributed by atoms with van der Waals surface area (Å²) in [5.41, 5.74) is 2.61. The average molecular weight is 673 g/mol. The van der Waals surface area contributed by atoms with Gasteiger partial charge in [-0.05, 0) is 20.8 Å². The molecule has 0 aromatic heterocycles. The predicted octanol–water partition coefficient (Wildman–Crippen LogP) is 0.591. The van der Waals surface area contributed by atoms with E-state index in [1.54, 1.807) is 0 Å². The number of rotatable bonds is 14. The molecule has 2 unspecified atom stereocenters. The summed E-state index contributed by atoms with van der Waals surface area (Å²) in [6, 6.07) is 0. The van der Waals surface area contributed by atoms with Crippen LogP contribution < -0.4 is 11.1 Å². The zero-order valence-electron chi connectivity index (χ0n) is 24.9. The molecule has 0 fully saturated rings. The van der Waals surface area contributed by atoms with Crippen LogP contribution in [-0.4, -0.2) is 103 Å². The Hall–Kier alpha value is -4.17. The maximum absolute atomic E-state index is 15.0. The van der Waals surface area contributed by atoms with Crippen LogP contribution >= 0.6 is 0 Å². The second-order valence-electron chi connectivity index (χ2n) is 9.44. The molecule has 0 amide bonds. The minimum Gasteiger partial charge on any atom is -0.479 e. The number of aliphatic hydroxyl groups is 2. The van der Waals surface area contributed by atoms with Crippen LogP contribution in [0.5, 0.6) is 0 Å². The van der Waals surface area contributed by atoms with Crippen molar-refractivity contribution in [2.24, 2.45) is 5.73 Å². The fraction of sp³-hybridized carbons (Fsp3) is 0.481. The van der Waals surface area contributed by atoms with Gasteiger partial charge in [-0.3, -0.25) is 0 Å². The van der Waals surface area contributed by atoms with E-state index >= 15 is 0 Å². The molecule has 1 aliphatic rings. The van der Waals surface area contributed by atoms with E-state index in [0.29, 0.717) is 0 Å². The number of esters is 2. The van der Waals surface area contributed by atoms with Crippen LogP contribution in [-0.2, 0) is 38.1 Å². The molecule has 0 saturated heterocycles. The number of aliphatic carboxylic acids is 2. The van der Waals surface area contributed by atoms with E-state index in [1.165, 1.54) is 20.8 Å². The molecule has 3 atom stereocenters. The van der Waals surface area contributed by atoms with E-state index in [1.807, 2.05) is 0 Å². The van der Waals surface area contributed by atoms with Crippen LogP contribution in [0.4, 0.5) is 22.0 Å². The smallest absolute Gasteiger partial charge is 0.337 e. The largest absolute Gasteiger partial charge is 0.479 e. The van der Waals surface area contributed by atoms with Crippen molar-refractivity contribution in [1.29, 1.82) is 0 Å². The molecule has 14 nitrogen and oxygen atoms in total. The highest BCUT2D eigenvalue weighted by atomic mass is 19.2. The zero-order chi connectivity index (χ0) is 35.5. The maximum atomic E-state index is 15.0. The average Bonchev–Trinajstić information content (AvgIpc) is 2.99. The number of hydrogen-bond donors (Lipinski definition) is 6. The molecule has 19 heteroatoms. The van der Waals surface area contributed by atoms with Crippen molar-refractivity contribution in [3.05, 3.63) is 57.2 Å². The van der Waals surface area contributed by atoms with Crippen molar-refractivity contribution in [2.75, 3.05) is 40.1 Å². The van der Waals surface area contributed by atoms with E-state index in [4.69, 9.17) is 40.4 Å². The lowest BCUT2D eigenvalue weighted by atomic mass is 9.79. The van der Waals surface area contributed by atoms with E-state index in [2.05, 4.69) is 10.1 Å². The first-order valence-electron chi connectivity index (χ1n) is 13.1. The third-order valence-electron chi connectivity index (χ3n) is 5.83. The van der Waals surface area contributed by atoms with Crippen molar-refractivity contribution in [2.45, 2.75) is 45.0 Å². The molecular formula is C27H33F5N2O12. The third-order valence-corrected chi connectivity index (χ3v) is 5.83. The van der Waals surface area contributed by atoms with Crippen molar-refractivity contribution in [3.8, 4) is 0 Å². The number of allylic oxidation sites excluding steroid dienone is 1. The van der Waals surface area contributed by atoms with Crippen LogP contribution in [0.1, 0.15) is 32.3 Å². The topological polar surface area (TPSA) is 224 Å². The minimum absolute atomic E-state index is 0.0114. The highest BCUT2D eigenvalue weighted by Crippen LogP contribution is 2.43. The number of carbonyl (C=O) groups is 4. The van der Waals surface area contributed by atoms with Gasteiger partial charge in [-0.25, -0.2) is 41.1 Å². The van der Waals surface area contributed by atoms with Crippen molar-refractivity contribution in [3.63, 3.8) is 0 Å². The van der Waals surface area contributed by atoms with Gasteiger partial charge in [0.25, 0.3) is 0 Å². The molecule has 258 valence electrons. The maximum Gasteiger partial charge on any atom is 0.337 e. The Balaban J connectivity index is 0.000000908. The van der Waals surface area contributed by atoms with Gasteiger partial charge >= 0.3 is 23.9 Å². The first-order valence-corrected chi connectivity index (χ1v) is 13.1. The molecule has 0 spiro atoms. The molecule has 7 N–H and O–H groups in total. The highest BCUT2D eigenvalue weighted by Gasteiger charge is 2.44. The monoisotopic (exact) mass is 672 g/mol. The van der Waals surface area contributed by atoms with Gasteiger partial charge in [0.15, 0.2) is 35.5 Å². The predicted molar refractivity (Wildman–Crippen MR) is 143 cm³/mol. The second kappa shape index (κ2) is 18.1. The molecular weight excluding hydrogens is 639 g/mol. The number of nitrogens with one attached hydrogen (secondary N) is 1. The first-order chi connectivity index (χ1) is 21.4. The molecule has 1 aromatic rings. The van der Waals surface area contributed by atoms with E-state index in [9.17, 15) is 41.1 Å². The van der Waals surface area contributed by atoms with Crippen LogP contribution in [0, 0.1) is 29.1 Å². The lowest BCUT2D eigenvalue weighted by molar-refractivity contribution is -0.165. The summed E-state index contributed by atoms with van der Waals surface area (Å²) in [7, 11) is 0.952. The number of hydrogen-bond acceptors (Lipinski definition) is 12. The van der Waals surface area contributed by atoms with Crippen molar-refractivity contribution >= 4 is 23.9 Å². The summed E-state index contributed by atoms with van der Waals surface area (Å²) < 4.78 is 92.5. The number of benzene rings is 1. The number of carboxylic acids is 2. The number of aliphatic hydroxyl groups excluding tert-OH is 2. The summed E-state index contributed by atoms with van der Waals surface area (Å²) in [6.07, 6.45) is -5.27. The highest BCUT2D eigenvalue weighted by molar-refractivity contribution is 6.00. The van der Waals surface area contributed by atoms with Crippen molar-refractivity contribution < 1.29 is 80.5 Å². The molecule has 1 heterocycles. The Morgan fingerprint density at radius 2 is 1.28 bits per heavy atom. The number of carbonyl (C=O) groups excluding carboxylic acids is 2. The van der Waals surface area contributed by atoms with Crippen molar-refractivity contribution in [1.82, 2.24) is 5.32 Å². The molecule has 1 aromatic carbocycles. The number of ether oxygens (including phenoxy) is 4. The van der Waals surface area contributed by atoms with Gasteiger partial charge in [0.05, 0.1) is 62.4 Å². The fourth-order valence-corrected chi connectivity index (χ4v) is 3.82. The molecule has 0 radical (unpaired) electrons. The summed E-state index contributed by atoms with van der Waals surface area (Å²) in [5, 5.41) is 35.3. The van der Waals surface area contributed by atoms with Gasteiger partial charge in [0.2, 0.25) is 5.82 Å². The van der Waals surface area contributed by atoms with Gasteiger partial charge in [-0.15, -0.1) is 0 Å². The summed E-state index contributed by atoms with van der Waals surface area (Å²) in [6.45, 7) is 4.57. The third kappa shape index (κ3) is 9.91. The van der Waals surface area contributed by atoms with E-state index in [-0.39, 0.29) is 44.4 Å². The van der Waals surface area contributed by atoms with Crippen LogP contribution in [0.3, 0.4) is 0 Å². The molecule has 1 aliphatic heterocycles. The normalized spacial score (nSPS) is 15.9. The van der Waals surface area contributed by atoms with Crippen LogP contribution in [0.2, 0.25) is 0 Å². The summed E-state index contributed by atoms with van der Waals surface area (Å²) in [4.78, 5) is 45.3. The quantitative estimate of drug-likeness (QED) is 0.0523. The van der Waals surface area contributed by atoms with Gasteiger partial charge in [-0.2, -0.15) is 0 Å². The van der Waals surface area contributed by atoms with Gasteiger partial charge in [0, 0.05) is 17.8 Å². The number of nitrogens with two attached hydrogens (primary N) is 1. The number of dihydropyridines is 1. The van der Waals surface area contributed by atoms with Gasteiger partial charge in [-0.1, -0.05) is 0 Å². The standard InChI is InChI=1S/C23H27F5N2O6.C4H6O6/c1-10(2)36-23(32)14-12(9-35-8-7-34-6-5-29)30-11(3)13(22(31)33-4)15(14)16-17(24)19(26)21(28)20(27)18(16)25;5-1(3(7)8)2(6)4(9)10/h10,15,30H,5-9,29H2,1-4H3;1-2,5-6H,(H,7,8)(H,9,10)/t15-;/m1./s1. The lowest BCUT2D eigenvalue weighted by Gasteiger charge is -2.32. The van der Waals surface area contributed by atoms with Crippen LogP contribution in [0.25, 0.3) is 0 Å². The molecule has 0 bridgehead atoms. The lowest BCUT2D eigenvalue weighted by Crippen LogP contribution is -2.39. The Labute approximate surface area is 258 Å². The van der Waals surface area contributed by atoms with Crippen LogP contribution in [0.15, 0.2) is 22.5 Å². The fourth-order valence-electron chi connectivity index (χ4n) is 3.82. The Kier molecular flexibility index (Phi) is 15.7.